The van der Waals surface area contributed by atoms with Crippen LogP contribution in [0.5, 0.6) is 5.75 Å². The van der Waals surface area contributed by atoms with E-state index >= 15 is 0 Å². The molecule has 4 nitrogen and oxygen atoms in total. The van der Waals surface area contributed by atoms with Crippen LogP contribution in [0, 0.1) is 0 Å². The van der Waals surface area contributed by atoms with Gasteiger partial charge in [0.1, 0.15) is 18.4 Å². The second-order valence-electron chi connectivity index (χ2n) is 2.87. The summed E-state index contributed by atoms with van der Waals surface area (Å²) in [5, 5.41) is 4.87. The maximum atomic E-state index is 5.44. The molecule has 0 saturated heterocycles. The fourth-order valence-corrected chi connectivity index (χ4v) is 1.35. The van der Waals surface area contributed by atoms with E-state index in [2.05, 4.69) is 26.0 Å². The highest BCUT2D eigenvalue weighted by atomic mass is 79.9. The van der Waals surface area contributed by atoms with E-state index in [4.69, 9.17) is 4.74 Å². The minimum atomic E-state index is 0.669. The lowest BCUT2D eigenvalue weighted by atomic mass is 10.3. The third-order valence-corrected chi connectivity index (χ3v) is 2.19. The molecule has 0 aliphatic rings. The van der Waals surface area contributed by atoms with E-state index in [1.165, 1.54) is 6.33 Å². The average Bonchev–Trinajstić information content (AvgIpc) is 2.80. The van der Waals surface area contributed by atoms with Gasteiger partial charge in [-0.3, -0.25) is 0 Å². The number of benzene rings is 1. The number of alkyl halides is 1. The Morgan fingerprint density at radius 2 is 2.07 bits per heavy atom. The number of hydrogen-bond acceptors (Lipinski definition) is 3. The standard InChI is InChI=1S/C10H10BrN3O/c11-5-6-15-10-3-1-9(2-4-10)14-8-12-7-13-14/h1-4,7-8H,5-6H2. The molecule has 0 amide bonds. The Bertz CT molecular complexity index is 399. The van der Waals surface area contributed by atoms with Gasteiger partial charge in [0.15, 0.2) is 0 Å². The van der Waals surface area contributed by atoms with Crippen LogP contribution in [0.1, 0.15) is 0 Å². The molecule has 0 N–H and O–H groups in total. The predicted octanol–water partition coefficient (Wildman–Crippen LogP) is 2.04. The van der Waals surface area contributed by atoms with Gasteiger partial charge in [0.05, 0.1) is 12.3 Å². The quantitative estimate of drug-likeness (QED) is 0.797. The molecule has 5 heteroatoms. The molecule has 0 unspecified atom stereocenters. The summed E-state index contributed by atoms with van der Waals surface area (Å²) in [4.78, 5) is 3.88. The van der Waals surface area contributed by atoms with Crippen LogP contribution in [-0.2, 0) is 0 Å². The van der Waals surface area contributed by atoms with E-state index in [0.29, 0.717) is 6.61 Å². The molecule has 0 aliphatic heterocycles. The zero-order valence-electron chi connectivity index (χ0n) is 8.01. The molecule has 1 heterocycles. The third-order valence-electron chi connectivity index (χ3n) is 1.87. The van der Waals surface area contributed by atoms with Crippen molar-refractivity contribution in [1.29, 1.82) is 0 Å². The second kappa shape index (κ2) is 4.93. The highest BCUT2D eigenvalue weighted by Crippen LogP contribution is 2.14. The van der Waals surface area contributed by atoms with Gasteiger partial charge in [0.2, 0.25) is 0 Å². The summed E-state index contributed by atoms with van der Waals surface area (Å²) < 4.78 is 7.14. The fraction of sp³-hybridized carbons (Fsp3) is 0.200. The van der Waals surface area contributed by atoms with Crippen LogP contribution in [0.4, 0.5) is 0 Å². The maximum absolute atomic E-state index is 5.44. The summed E-state index contributed by atoms with van der Waals surface area (Å²) in [5.41, 5.74) is 0.971. The first-order valence-electron chi connectivity index (χ1n) is 4.54. The van der Waals surface area contributed by atoms with Crippen molar-refractivity contribution in [2.24, 2.45) is 0 Å². The highest BCUT2D eigenvalue weighted by Gasteiger charge is 1.97. The Kier molecular flexibility index (Phi) is 3.34. The SMILES string of the molecule is BrCCOc1ccc(-n2cncn2)cc1. The van der Waals surface area contributed by atoms with E-state index in [-0.39, 0.29) is 0 Å². The summed E-state index contributed by atoms with van der Waals surface area (Å²) in [6.07, 6.45) is 3.17. The fourth-order valence-electron chi connectivity index (χ4n) is 1.19. The third kappa shape index (κ3) is 2.56. The first kappa shape index (κ1) is 10.2. The Morgan fingerprint density at radius 1 is 1.27 bits per heavy atom. The highest BCUT2D eigenvalue weighted by molar-refractivity contribution is 9.09. The second-order valence-corrected chi connectivity index (χ2v) is 3.66. The molecule has 2 rings (SSSR count). The lowest BCUT2D eigenvalue weighted by Gasteiger charge is -2.05. The molecule has 0 bridgehead atoms. The molecule has 1 aromatic carbocycles. The number of aromatic nitrogens is 3. The van der Waals surface area contributed by atoms with Gasteiger partial charge in [0, 0.05) is 5.33 Å². The molecule has 15 heavy (non-hydrogen) atoms. The monoisotopic (exact) mass is 267 g/mol. The number of rotatable bonds is 4. The predicted molar refractivity (Wildman–Crippen MR) is 60.6 cm³/mol. The molecular formula is C10H10BrN3O. The van der Waals surface area contributed by atoms with E-state index in [0.717, 1.165) is 16.8 Å². The minimum Gasteiger partial charge on any atom is -0.493 e. The molecule has 1 aromatic heterocycles. The molecule has 0 atom stereocenters. The number of halogens is 1. The smallest absolute Gasteiger partial charge is 0.138 e. The van der Waals surface area contributed by atoms with Gasteiger partial charge < -0.3 is 4.74 Å². The van der Waals surface area contributed by atoms with Crippen LogP contribution in [0.3, 0.4) is 0 Å². The van der Waals surface area contributed by atoms with Crippen molar-refractivity contribution < 1.29 is 4.74 Å². The van der Waals surface area contributed by atoms with Gasteiger partial charge in [-0.05, 0) is 24.3 Å². The van der Waals surface area contributed by atoms with Crippen LogP contribution in [-0.4, -0.2) is 26.7 Å². The lowest BCUT2D eigenvalue weighted by Crippen LogP contribution is -1.98. The largest absolute Gasteiger partial charge is 0.493 e. The topological polar surface area (TPSA) is 39.9 Å². The molecule has 0 radical (unpaired) electrons. The molecule has 78 valence electrons. The lowest BCUT2D eigenvalue weighted by molar-refractivity contribution is 0.345. The van der Waals surface area contributed by atoms with Crippen molar-refractivity contribution >= 4 is 15.9 Å². The summed E-state index contributed by atoms with van der Waals surface area (Å²) in [5.74, 6) is 0.860. The number of hydrogen-bond donors (Lipinski definition) is 0. The Balaban J connectivity index is 2.11. The number of ether oxygens (including phenoxy) is 1. The number of nitrogens with zero attached hydrogens (tertiary/aromatic N) is 3. The van der Waals surface area contributed by atoms with Crippen molar-refractivity contribution in [3.05, 3.63) is 36.9 Å². The summed E-state index contributed by atoms with van der Waals surface area (Å²) in [6, 6.07) is 7.72. The summed E-state index contributed by atoms with van der Waals surface area (Å²) in [7, 11) is 0. The van der Waals surface area contributed by atoms with E-state index in [9.17, 15) is 0 Å². The van der Waals surface area contributed by atoms with Crippen molar-refractivity contribution in [2.45, 2.75) is 0 Å². The van der Waals surface area contributed by atoms with Crippen LogP contribution in [0.2, 0.25) is 0 Å². The van der Waals surface area contributed by atoms with Crippen LogP contribution < -0.4 is 4.74 Å². The average molecular weight is 268 g/mol. The van der Waals surface area contributed by atoms with Crippen molar-refractivity contribution in [3.8, 4) is 11.4 Å². The van der Waals surface area contributed by atoms with E-state index in [1.807, 2.05) is 24.3 Å². The zero-order chi connectivity index (χ0) is 10.5. The van der Waals surface area contributed by atoms with E-state index in [1.54, 1.807) is 11.0 Å². The Morgan fingerprint density at radius 3 is 2.67 bits per heavy atom. The van der Waals surface area contributed by atoms with Crippen LogP contribution >= 0.6 is 15.9 Å². The van der Waals surface area contributed by atoms with Gasteiger partial charge in [-0.1, -0.05) is 15.9 Å². The zero-order valence-corrected chi connectivity index (χ0v) is 9.59. The van der Waals surface area contributed by atoms with Gasteiger partial charge in [-0.2, -0.15) is 5.10 Å². The van der Waals surface area contributed by atoms with Crippen LogP contribution in [0.25, 0.3) is 5.69 Å². The maximum Gasteiger partial charge on any atom is 0.138 e. The molecular weight excluding hydrogens is 258 g/mol. The Labute approximate surface area is 96.0 Å². The molecule has 0 saturated carbocycles. The summed E-state index contributed by atoms with van der Waals surface area (Å²) >= 11 is 3.31. The van der Waals surface area contributed by atoms with Crippen molar-refractivity contribution in [1.82, 2.24) is 14.8 Å². The van der Waals surface area contributed by atoms with E-state index < -0.39 is 0 Å². The normalized spacial score (nSPS) is 10.2. The van der Waals surface area contributed by atoms with Gasteiger partial charge >= 0.3 is 0 Å². The first-order chi connectivity index (χ1) is 7.40. The molecule has 0 aliphatic carbocycles. The molecule has 2 aromatic rings. The van der Waals surface area contributed by atoms with Crippen molar-refractivity contribution in [2.75, 3.05) is 11.9 Å². The summed E-state index contributed by atoms with van der Waals surface area (Å²) in [6.45, 7) is 0.669. The first-order valence-corrected chi connectivity index (χ1v) is 5.66. The van der Waals surface area contributed by atoms with Crippen LogP contribution in [0.15, 0.2) is 36.9 Å². The molecule has 0 spiro atoms. The molecule has 0 fully saturated rings. The van der Waals surface area contributed by atoms with Gasteiger partial charge in [0.25, 0.3) is 0 Å². The minimum absolute atomic E-state index is 0.669. The van der Waals surface area contributed by atoms with Crippen molar-refractivity contribution in [3.63, 3.8) is 0 Å². The van der Waals surface area contributed by atoms with Gasteiger partial charge in [-0.15, -0.1) is 0 Å². The van der Waals surface area contributed by atoms with Gasteiger partial charge in [-0.25, -0.2) is 9.67 Å². The Hall–Kier alpha value is -1.36.